The predicted octanol–water partition coefficient (Wildman–Crippen LogP) is 4.03. The van der Waals surface area contributed by atoms with Crippen molar-refractivity contribution in [3.05, 3.63) is 34.4 Å². The number of rotatable bonds is 4. The van der Waals surface area contributed by atoms with Crippen LogP contribution >= 0.6 is 0 Å². The van der Waals surface area contributed by atoms with E-state index in [-0.39, 0.29) is 0 Å². The highest BCUT2D eigenvalue weighted by molar-refractivity contribution is 5.38. The van der Waals surface area contributed by atoms with Crippen LogP contribution in [-0.4, -0.2) is 13.1 Å². The minimum Gasteiger partial charge on any atom is -0.316 e. The lowest BCUT2D eigenvalue weighted by Gasteiger charge is -2.22. The molecule has 0 radical (unpaired) electrons. The van der Waals surface area contributed by atoms with E-state index < -0.39 is 0 Å². The van der Waals surface area contributed by atoms with Crippen molar-refractivity contribution in [3.63, 3.8) is 0 Å². The molecule has 114 valence electrons. The predicted molar refractivity (Wildman–Crippen MR) is 88.5 cm³/mol. The van der Waals surface area contributed by atoms with Crippen molar-refractivity contribution in [2.24, 2.45) is 29.6 Å². The Labute approximate surface area is 129 Å². The highest BCUT2D eigenvalue weighted by atomic mass is 14.9. The van der Waals surface area contributed by atoms with Gasteiger partial charge in [-0.05, 0) is 99.8 Å². The van der Waals surface area contributed by atoms with Gasteiger partial charge in [0.25, 0.3) is 0 Å². The first-order chi connectivity index (χ1) is 10.1. The average molecular weight is 283 g/mol. The molecule has 21 heavy (non-hydrogen) atoms. The molecule has 1 aromatic rings. The third kappa shape index (κ3) is 2.08. The summed E-state index contributed by atoms with van der Waals surface area (Å²) in [5.74, 6) is 5.29. The summed E-state index contributed by atoms with van der Waals surface area (Å²) in [5, 5.41) is 3.68. The fraction of sp³-hybridized carbons (Fsp3) is 0.700. The summed E-state index contributed by atoms with van der Waals surface area (Å²) in [5.41, 5.74) is 5.97. The molecule has 4 rings (SSSR count). The Balaban J connectivity index is 1.54. The van der Waals surface area contributed by atoms with E-state index in [1.807, 2.05) is 0 Å². The summed E-state index contributed by atoms with van der Waals surface area (Å²) >= 11 is 0. The van der Waals surface area contributed by atoms with Crippen LogP contribution in [0.15, 0.2) is 12.1 Å². The van der Waals surface area contributed by atoms with Crippen molar-refractivity contribution in [2.75, 3.05) is 7.05 Å². The number of likely N-dealkylation sites (N-methyl/N-ethyl adjacent to an activating group) is 1. The van der Waals surface area contributed by atoms with Gasteiger partial charge in [0, 0.05) is 6.04 Å². The second kappa shape index (κ2) is 4.84. The number of benzene rings is 1. The molecule has 1 N–H and O–H groups in total. The van der Waals surface area contributed by atoms with Gasteiger partial charge in [-0.15, -0.1) is 0 Å². The van der Waals surface area contributed by atoms with E-state index in [4.69, 9.17) is 0 Å². The molecular weight excluding hydrogens is 254 g/mol. The van der Waals surface area contributed by atoms with Crippen molar-refractivity contribution >= 4 is 0 Å². The molecule has 0 aromatic heterocycles. The lowest BCUT2D eigenvalue weighted by atomic mass is 9.89. The second-order valence-corrected chi connectivity index (χ2v) is 8.04. The van der Waals surface area contributed by atoms with Crippen molar-refractivity contribution in [1.82, 2.24) is 5.32 Å². The minimum atomic E-state index is 0.698. The Bertz CT molecular complexity index is 522. The fourth-order valence-corrected chi connectivity index (χ4v) is 6.11. The summed E-state index contributed by atoms with van der Waals surface area (Å²) in [7, 11) is 2.18. The molecule has 1 aromatic carbocycles. The monoisotopic (exact) mass is 283 g/mol. The Kier molecular flexibility index (Phi) is 3.19. The zero-order chi connectivity index (χ0) is 14.7. The molecule has 3 aliphatic rings. The van der Waals surface area contributed by atoms with Gasteiger partial charge in [-0.2, -0.15) is 0 Å². The first kappa shape index (κ1) is 13.8. The third-order valence-corrected chi connectivity index (χ3v) is 6.89. The Morgan fingerprint density at radius 1 is 1.05 bits per heavy atom. The average Bonchev–Trinajstić information content (AvgIpc) is 2.86. The standard InChI is InChI=1S/C20H29N/c1-11-7-12(2)16(13(3)8-11)10-17(21-4)20-18-14-5-6-15(9-14)19(18)20/h7-8,14-15,17-21H,5-6,9-10H2,1-4H3. The molecule has 5 atom stereocenters. The van der Waals surface area contributed by atoms with E-state index in [0.717, 1.165) is 29.6 Å². The Hall–Kier alpha value is -0.820. The van der Waals surface area contributed by atoms with Crippen molar-refractivity contribution < 1.29 is 0 Å². The lowest BCUT2D eigenvalue weighted by molar-refractivity contribution is 0.376. The molecule has 3 saturated carbocycles. The lowest BCUT2D eigenvalue weighted by Crippen LogP contribution is -2.33. The zero-order valence-electron chi connectivity index (χ0n) is 13.9. The summed E-state index contributed by atoms with van der Waals surface area (Å²) < 4.78 is 0. The molecule has 0 aliphatic heterocycles. The van der Waals surface area contributed by atoms with Crippen LogP contribution in [0.3, 0.4) is 0 Å². The molecule has 0 heterocycles. The van der Waals surface area contributed by atoms with E-state index >= 15 is 0 Å². The van der Waals surface area contributed by atoms with Gasteiger partial charge < -0.3 is 5.32 Å². The van der Waals surface area contributed by atoms with Gasteiger partial charge in [-0.25, -0.2) is 0 Å². The molecule has 0 spiro atoms. The van der Waals surface area contributed by atoms with Gasteiger partial charge in [0.1, 0.15) is 0 Å². The fourth-order valence-electron chi connectivity index (χ4n) is 6.11. The van der Waals surface area contributed by atoms with Crippen LogP contribution in [0.25, 0.3) is 0 Å². The van der Waals surface area contributed by atoms with E-state index in [1.54, 1.807) is 12.0 Å². The summed E-state index contributed by atoms with van der Waals surface area (Å²) in [6, 6.07) is 5.40. The highest BCUT2D eigenvalue weighted by Crippen LogP contribution is 2.70. The van der Waals surface area contributed by atoms with Gasteiger partial charge in [-0.3, -0.25) is 0 Å². The van der Waals surface area contributed by atoms with E-state index in [2.05, 4.69) is 45.3 Å². The summed E-state index contributed by atoms with van der Waals surface area (Å²) in [6.45, 7) is 6.79. The minimum absolute atomic E-state index is 0.698. The molecule has 0 amide bonds. The molecule has 2 bridgehead atoms. The van der Waals surface area contributed by atoms with Crippen molar-refractivity contribution in [3.8, 4) is 0 Å². The molecule has 0 saturated heterocycles. The van der Waals surface area contributed by atoms with Crippen LogP contribution in [0.2, 0.25) is 0 Å². The van der Waals surface area contributed by atoms with E-state index in [9.17, 15) is 0 Å². The SMILES string of the molecule is CNC(Cc1c(C)cc(C)cc1C)C1C2C3CCC(C3)C21. The van der Waals surface area contributed by atoms with Crippen LogP contribution < -0.4 is 5.32 Å². The third-order valence-electron chi connectivity index (χ3n) is 6.89. The zero-order valence-corrected chi connectivity index (χ0v) is 13.9. The van der Waals surface area contributed by atoms with Gasteiger partial charge in [0.2, 0.25) is 0 Å². The normalized spacial score (nSPS) is 37.6. The largest absolute Gasteiger partial charge is 0.316 e. The van der Waals surface area contributed by atoms with Gasteiger partial charge in [-0.1, -0.05) is 17.7 Å². The maximum absolute atomic E-state index is 3.68. The Morgan fingerprint density at radius 2 is 1.62 bits per heavy atom. The molecule has 3 fully saturated rings. The van der Waals surface area contributed by atoms with Crippen LogP contribution in [-0.2, 0) is 6.42 Å². The van der Waals surface area contributed by atoms with Gasteiger partial charge >= 0.3 is 0 Å². The number of hydrogen-bond acceptors (Lipinski definition) is 1. The van der Waals surface area contributed by atoms with Crippen molar-refractivity contribution in [1.29, 1.82) is 0 Å². The molecular formula is C20H29N. The number of aryl methyl sites for hydroxylation is 3. The second-order valence-electron chi connectivity index (χ2n) is 8.04. The van der Waals surface area contributed by atoms with E-state index in [0.29, 0.717) is 6.04 Å². The van der Waals surface area contributed by atoms with Crippen LogP contribution in [0, 0.1) is 50.4 Å². The quantitative estimate of drug-likeness (QED) is 0.879. The van der Waals surface area contributed by atoms with Crippen LogP contribution in [0.1, 0.15) is 41.5 Å². The summed E-state index contributed by atoms with van der Waals surface area (Å²) in [6.07, 6.45) is 5.85. The smallest absolute Gasteiger partial charge is 0.0139 e. The molecule has 1 nitrogen and oxygen atoms in total. The molecule has 3 aliphatic carbocycles. The Morgan fingerprint density at radius 3 is 2.14 bits per heavy atom. The number of nitrogens with one attached hydrogen (secondary N) is 1. The molecule has 1 heteroatoms. The van der Waals surface area contributed by atoms with Gasteiger partial charge in [0.05, 0.1) is 0 Å². The van der Waals surface area contributed by atoms with Crippen molar-refractivity contribution in [2.45, 2.75) is 52.5 Å². The first-order valence-electron chi connectivity index (χ1n) is 8.84. The van der Waals surface area contributed by atoms with E-state index in [1.165, 1.54) is 36.0 Å². The van der Waals surface area contributed by atoms with Crippen LogP contribution in [0.4, 0.5) is 0 Å². The maximum Gasteiger partial charge on any atom is 0.0139 e. The summed E-state index contributed by atoms with van der Waals surface area (Å²) in [4.78, 5) is 0. The number of hydrogen-bond donors (Lipinski definition) is 1. The first-order valence-corrected chi connectivity index (χ1v) is 8.84. The number of fused-ring (bicyclic) bond motifs is 5. The topological polar surface area (TPSA) is 12.0 Å². The van der Waals surface area contributed by atoms with Crippen LogP contribution in [0.5, 0.6) is 0 Å². The maximum atomic E-state index is 3.68. The van der Waals surface area contributed by atoms with Gasteiger partial charge in [0.15, 0.2) is 0 Å². The highest BCUT2D eigenvalue weighted by Gasteiger charge is 2.66. The molecule has 5 unspecified atom stereocenters.